The van der Waals surface area contributed by atoms with Crippen molar-refractivity contribution in [3.8, 4) is 21.7 Å². The van der Waals surface area contributed by atoms with Crippen LogP contribution >= 0.6 is 11.5 Å². The van der Waals surface area contributed by atoms with Gasteiger partial charge >= 0.3 is 0 Å². The zero-order valence-corrected chi connectivity index (χ0v) is 14.1. The van der Waals surface area contributed by atoms with Crippen molar-refractivity contribution in [2.24, 2.45) is 0 Å². The standard InChI is InChI=1S/C15H13N3O3S2/c1-10-3-4-12(9-16-10)14-15(22-17-18(14)19)11-5-7-13(8-6-11)23(2,20)21/h3-9H,1-2H3. The molecule has 118 valence electrons. The quantitative estimate of drug-likeness (QED) is 0.535. The summed E-state index contributed by atoms with van der Waals surface area (Å²) in [6.45, 7) is 1.87. The first-order valence-corrected chi connectivity index (χ1v) is 9.36. The monoisotopic (exact) mass is 347 g/mol. The summed E-state index contributed by atoms with van der Waals surface area (Å²) in [4.78, 5) is 5.68. The maximum Gasteiger partial charge on any atom is 0.274 e. The normalized spacial score (nSPS) is 11.6. The van der Waals surface area contributed by atoms with E-state index in [-0.39, 0.29) is 4.90 Å². The molecule has 0 N–H and O–H groups in total. The molecule has 0 amide bonds. The van der Waals surface area contributed by atoms with E-state index in [0.717, 1.165) is 29.0 Å². The number of rotatable bonds is 3. The minimum absolute atomic E-state index is 0.235. The lowest BCUT2D eigenvalue weighted by molar-refractivity contribution is -0.649. The molecule has 8 heteroatoms. The molecule has 23 heavy (non-hydrogen) atoms. The summed E-state index contributed by atoms with van der Waals surface area (Å²) in [5.41, 5.74) is 2.67. The number of aromatic nitrogens is 3. The van der Waals surface area contributed by atoms with Gasteiger partial charge in [0.05, 0.1) is 14.9 Å². The highest BCUT2D eigenvalue weighted by atomic mass is 32.2. The van der Waals surface area contributed by atoms with Crippen LogP contribution in [0.4, 0.5) is 0 Å². The van der Waals surface area contributed by atoms with E-state index in [0.29, 0.717) is 21.0 Å². The van der Waals surface area contributed by atoms with E-state index in [1.165, 1.54) is 12.1 Å². The van der Waals surface area contributed by atoms with E-state index in [1.807, 2.05) is 19.1 Å². The van der Waals surface area contributed by atoms with Gasteiger partial charge in [0, 0.05) is 35.2 Å². The molecule has 1 aromatic carbocycles. The summed E-state index contributed by atoms with van der Waals surface area (Å²) >= 11 is 1.06. The highest BCUT2D eigenvalue weighted by molar-refractivity contribution is 7.90. The lowest BCUT2D eigenvalue weighted by Gasteiger charge is -2.02. The van der Waals surface area contributed by atoms with Gasteiger partial charge in [-0.15, -0.1) is 0 Å². The van der Waals surface area contributed by atoms with Crippen molar-refractivity contribution in [2.45, 2.75) is 11.8 Å². The van der Waals surface area contributed by atoms with E-state index in [9.17, 15) is 13.6 Å². The molecule has 2 aromatic heterocycles. The van der Waals surface area contributed by atoms with Gasteiger partial charge in [-0.1, -0.05) is 12.1 Å². The van der Waals surface area contributed by atoms with Crippen LogP contribution in [0.15, 0.2) is 47.5 Å². The second-order valence-electron chi connectivity index (χ2n) is 5.11. The zero-order valence-electron chi connectivity index (χ0n) is 12.4. The number of pyridine rings is 1. The Balaban J connectivity index is 2.10. The molecule has 0 atom stereocenters. The third kappa shape index (κ3) is 3.08. The smallest absolute Gasteiger partial charge is 0.274 e. The number of benzene rings is 1. The molecular formula is C15H13N3O3S2. The molecule has 0 aliphatic heterocycles. The second-order valence-corrected chi connectivity index (χ2v) is 7.88. The Kier molecular flexibility index (Phi) is 3.87. The molecule has 0 saturated carbocycles. The van der Waals surface area contributed by atoms with Gasteiger partial charge < -0.3 is 5.21 Å². The lowest BCUT2D eigenvalue weighted by Crippen LogP contribution is -2.29. The third-order valence-corrected chi connectivity index (χ3v) is 5.31. The van der Waals surface area contributed by atoms with Crippen LogP contribution in [0.3, 0.4) is 0 Å². The van der Waals surface area contributed by atoms with E-state index < -0.39 is 9.84 Å². The first-order chi connectivity index (χ1) is 10.9. The minimum Gasteiger partial charge on any atom is -0.593 e. The van der Waals surface area contributed by atoms with E-state index in [1.54, 1.807) is 18.3 Å². The number of nitrogens with zero attached hydrogens (tertiary/aromatic N) is 3. The topological polar surface area (TPSA) is 86.9 Å². The summed E-state index contributed by atoms with van der Waals surface area (Å²) in [7, 11) is -3.25. The van der Waals surface area contributed by atoms with Crippen molar-refractivity contribution in [1.82, 2.24) is 9.47 Å². The Hall–Kier alpha value is -2.32. The molecule has 0 spiro atoms. The van der Waals surface area contributed by atoms with Crippen molar-refractivity contribution in [3.05, 3.63) is 53.5 Å². The first-order valence-electron chi connectivity index (χ1n) is 6.69. The zero-order chi connectivity index (χ0) is 16.6. The maximum absolute atomic E-state index is 12.0. The molecule has 0 aliphatic carbocycles. The van der Waals surface area contributed by atoms with Crippen LogP contribution in [0, 0.1) is 12.1 Å². The molecule has 0 bridgehead atoms. The van der Waals surface area contributed by atoms with Crippen LogP contribution in [0.5, 0.6) is 0 Å². The molecule has 3 rings (SSSR count). The van der Waals surface area contributed by atoms with Gasteiger partial charge in [0.15, 0.2) is 9.84 Å². The second kappa shape index (κ2) is 5.71. The molecule has 2 heterocycles. The Morgan fingerprint density at radius 1 is 1.09 bits per heavy atom. The average molecular weight is 347 g/mol. The molecule has 0 aliphatic rings. The summed E-state index contributed by atoms with van der Waals surface area (Å²) in [6.07, 6.45) is 2.78. The molecule has 6 nitrogen and oxygen atoms in total. The molecule has 3 aromatic rings. The van der Waals surface area contributed by atoms with Crippen LogP contribution in [0.1, 0.15) is 5.69 Å². The van der Waals surface area contributed by atoms with E-state index in [4.69, 9.17) is 0 Å². The van der Waals surface area contributed by atoms with Gasteiger partial charge in [0.25, 0.3) is 5.69 Å². The largest absolute Gasteiger partial charge is 0.593 e. The average Bonchev–Trinajstić information content (AvgIpc) is 2.89. The summed E-state index contributed by atoms with van der Waals surface area (Å²) in [5, 5.41) is 12.0. The third-order valence-electron chi connectivity index (χ3n) is 3.34. The van der Waals surface area contributed by atoms with Gasteiger partial charge in [-0.2, -0.15) is 0 Å². The minimum atomic E-state index is -3.25. The number of hydrogen-bond donors (Lipinski definition) is 0. The lowest BCUT2D eigenvalue weighted by atomic mass is 10.1. The van der Waals surface area contributed by atoms with Crippen LogP contribution in [0.25, 0.3) is 21.7 Å². The van der Waals surface area contributed by atoms with Gasteiger partial charge in [0.1, 0.15) is 4.88 Å². The Morgan fingerprint density at radius 2 is 1.74 bits per heavy atom. The van der Waals surface area contributed by atoms with Crippen LogP contribution in [-0.4, -0.2) is 24.1 Å². The van der Waals surface area contributed by atoms with Crippen molar-refractivity contribution < 1.29 is 13.3 Å². The number of sulfone groups is 1. The molecule has 0 unspecified atom stereocenters. The fourth-order valence-corrected chi connectivity index (χ4v) is 3.53. The Morgan fingerprint density at radius 3 is 2.30 bits per heavy atom. The Labute approximate surface area is 137 Å². The van der Waals surface area contributed by atoms with Crippen LogP contribution < -0.4 is 4.85 Å². The van der Waals surface area contributed by atoms with Crippen molar-refractivity contribution in [2.75, 3.05) is 6.26 Å². The number of aryl methyl sites for hydroxylation is 1. The van der Waals surface area contributed by atoms with Gasteiger partial charge in [0.2, 0.25) is 0 Å². The highest BCUT2D eigenvalue weighted by Gasteiger charge is 2.22. The van der Waals surface area contributed by atoms with E-state index in [2.05, 4.69) is 9.47 Å². The molecule has 0 fully saturated rings. The van der Waals surface area contributed by atoms with Gasteiger partial charge in [-0.25, -0.2) is 8.42 Å². The summed E-state index contributed by atoms with van der Waals surface area (Å²) < 4.78 is 26.9. The van der Waals surface area contributed by atoms with Gasteiger partial charge in [-0.3, -0.25) is 4.98 Å². The van der Waals surface area contributed by atoms with Crippen molar-refractivity contribution in [3.63, 3.8) is 0 Å². The molecule has 0 saturated heterocycles. The van der Waals surface area contributed by atoms with Gasteiger partial charge in [-0.05, 0) is 36.0 Å². The Bertz CT molecular complexity index is 947. The predicted octanol–water partition coefficient (Wildman–Crippen LogP) is 2.22. The predicted molar refractivity (Wildman–Crippen MR) is 87.6 cm³/mol. The summed E-state index contributed by atoms with van der Waals surface area (Å²) in [5.74, 6) is 0. The summed E-state index contributed by atoms with van der Waals surface area (Å²) in [6, 6.07) is 10.0. The fraction of sp³-hybridized carbons (Fsp3) is 0.133. The fourth-order valence-electron chi connectivity index (χ4n) is 2.14. The maximum atomic E-state index is 12.0. The van der Waals surface area contributed by atoms with Crippen LogP contribution in [-0.2, 0) is 9.84 Å². The first kappa shape index (κ1) is 15.6. The SMILES string of the molecule is Cc1ccc(-c2c(-c3ccc(S(C)(=O)=O)cc3)sn[n+]2[O-])cn1. The molecular weight excluding hydrogens is 334 g/mol. The molecule has 0 radical (unpaired) electrons. The van der Waals surface area contributed by atoms with Crippen molar-refractivity contribution in [1.29, 1.82) is 0 Å². The highest BCUT2D eigenvalue weighted by Crippen LogP contribution is 2.32. The van der Waals surface area contributed by atoms with E-state index >= 15 is 0 Å². The van der Waals surface area contributed by atoms with Crippen molar-refractivity contribution >= 4 is 21.4 Å². The van der Waals surface area contributed by atoms with Crippen LogP contribution in [0.2, 0.25) is 0 Å². The number of hydrogen-bond acceptors (Lipinski definition) is 6.